The molecular weight excluding hydrogens is 445 g/mol. The van der Waals surface area contributed by atoms with Crippen LogP contribution in [0, 0.1) is 19.7 Å². The second kappa shape index (κ2) is 9.62. The van der Waals surface area contributed by atoms with Crippen molar-refractivity contribution in [3.63, 3.8) is 0 Å². The Morgan fingerprint density at radius 2 is 1.84 bits per heavy atom. The van der Waals surface area contributed by atoms with Gasteiger partial charge in [0.2, 0.25) is 5.91 Å². The highest BCUT2D eigenvalue weighted by Crippen LogP contribution is 2.27. The maximum absolute atomic E-state index is 13.2. The fourth-order valence-corrected chi connectivity index (χ4v) is 4.68. The van der Waals surface area contributed by atoms with E-state index in [2.05, 4.69) is 46.5 Å². The van der Waals surface area contributed by atoms with Gasteiger partial charge >= 0.3 is 0 Å². The summed E-state index contributed by atoms with van der Waals surface area (Å²) in [6.07, 6.45) is 0. The number of halogens is 1. The lowest BCUT2D eigenvalue weighted by Crippen LogP contribution is -2.14. The van der Waals surface area contributed by atoms with Crippen molar-refractivity contribution in [2.45, 2.75) is 32.5 Å². The van der Waals surface area contributed by atoms with Gasteiger partial charge in [-0.1, -0.05) is 23.9 Å². The van der Waals surface area contributed by atoms with Gasteiger partial charge in [0.25, 0.3) is 0 Å². The Balaban J connectivity index is 1.40. The molecule has 2 aromatic heterocycles. The van der Waals surface area contributed by atoms with Gasteiger partial charge in [0.05, 0.1) is 11.4 Å². The van der Waals surface area contributed by atoms with Crippen molar-refractivity contribution in [1.29, 1.82) is 0 Å². The first-order valence-corrected chi connectivity index (χ1v) is 12.0. The quantitative estimate of drug-likeness (QED) is 0.360. The van der Waals surface area contributed by atoms with Gasteiger partial charge in [0.15, 0.2) is 16.1 Å². The average Bonchev–Trinajstić information content (AvgIpc) is 3.41. The van der Waals surface area contributed by atoms with Crippen LogP contribution in [0.2, 0.25) is 0 Å². The molecule has 1 amide bonds. The molecule has 6 nitrogen and oxygen atoms in total. The van der Waals surface area contributed by atoms with E-state index in [-0.39, 0.29) is 17.5 Å². The molecule has 4 rings (SSSR count). The molecule has 2 heterocycles. The zero-order chi connectivity index (χ0) is 22.7. The number of rotatable bonds is 7. The van der Waals surface area contributed by atoms with Crippen LogP contribution in [0.15, 0.2) is 53.0 Å². The maximum Gasteiger partial charge on any atom is 0.236 e. The van der Waals surface area contributed by atoms with E-state index in [9.17, 15) is 9.18 Å². The predicted octanol–water partition coefficient (Wildman–Crippen LogP) is 5.58. The van der Waals surface area contributed by atoms with Crippen LogP contribution in [0.3, 0.4) is 0 Å². The number of benzene rings is 2. The van der Waals surface area contributed by atoms with Crippen LogP contribution in [0.5, 0.6) is 0 Å². The largest absolute Gasteiger partial charge is 0.302 e. The lowest BCUT2D eigenvalue weighted by molar-refractivity contribution is -0.113. The summed E-state index contributed by atoms with van der Waals surface area (Å²) in [5, 5.41) is 14.4. The van der Waals surface area contributed by atoms with Gasteiger partial charge in [0.1, 0.15) is 5.82 Å². The van der Waals surface area contributed by atoms with Crippen molar-refractivity contribution in [3.8, 4) is 22.6 Å². The van der Waals surface area contributed by atoms with Gasteiger partial charge in [0, 0.05) is 23.1 Å². The number of amides is 1. The Morgan fingerprint density at radius 1 is 1.09 bits per heavy atom. The fraction of sp³-hybridized carbons (Fsp3) is 0.217. The molecule has 0 saturated carbocycles. The smallest absolute Gasteiger partial charge is 0.236 e. The zero-order valence-electron chi connectivity index (χ0n) is 17.9. The molecule has 0 aliphatic heterocycles. The van der Waals surface area contributed by atoms with Gasteiger partial charge in [-0.05, 0) is 62.2 Å². The molecule has 164 valence electrons. The standard InChI is InChI=1S/C23H22FN5OS2/c1-4-29-21(16-7-9-18(24)10-8-16)27-28-23(29)32-13-20(30)26-22-25-19(12-31-22)17-6-5-14(2)15(3)11-17/h5-12H,4,13H2,1-3H3,(H,25,26,30). The molecule has 9 heteroatoms. The third-order valence-corrected chi connectivity index (χ3v) is 6.75. The van der Waals surface area contributed by atoms with E-state index < -0.39 is 0 Å². The number of hydrogen-bond donors (Lipinski definition) is 1. The zero-order valence-corrected chi connectivity index (χ0v) is 19.6. The van der Waals surface area contributed by atoms with Crippen LogP contribution in [-0.4, -0.2) is 31.4 Å². The number of aryl methyl sites for hydroxylation is 2. The summed E-state index contributed by atoms with van der Waals surface area (Å²) in [6, 6.07) is 12.3. The van der Waals surface area contributed by atoms with E-state index in [0.717, 1.165) is 16.8 Å². The molecule has 0 bridgehead atoms. The summed E-state index contributed by atoms with van der Waals surface area (Å²) in [6.45, 7) is 6.76. The van der Waals surface area contributed by atoms with Gasteiger partial charge < -0.3 is 9.88 Å². The van der Waals surface area contributed by atoms with Crippen molar-refractivity contribution in [2.75, 3.05) is 11.1 Å². The van der Waals surface area contributed by atoms with Crippen molar-refractivity contribution < 1.29 is 9.18 Å². The van der Waals surface area contributed by atoms with Gasteiger partial charge in [-0.3, -0.25) is 4.79 Å². The first-order chi connectivity index (χ1) is 15.4. The van der Waals surface area contributed by atoms with Gasteiger partial charge in [-0.15, -0.1) is 21.5 Å². The van der Waals surface area contributed by atoms with Crippen LogP contribution in [0.1, 0.15) is 18.1 Å². The second-order valence-corrected chi connectivity index (χ2v) is 9.03. The van der Waals surface area contributed by atoms with Crippen LogP contribution in [-0.2, 0) is 11.3 Å². The Hall–Kier alpha value is -3.04. The number of thioether (sulfide) groups is 1. The molecule has 0 aliphatic rings. The van der Waals surface area contributed by atoms with Crippen LogP contribution >= 0.6 is 23.1 Å². The van der Waals surface area contributed by atoms with E-state index in [1.54, 1.807) is 12.1 Å². The Morgan fingerprint density at radius 3 is 2.56 bits per heavy atom. The highest BCUT2D eigenvalue weighted by atomic mass is 32.2. The van der Waals surface area contributed by atoms with E-state index in [4.69, 9.17) is 0 Å². The molecule has 1 N–H and O–H groups in total. The van der Waals surface area contributed by atoms with Gasteiger partial charge in [-0.2, -0.15) is 0 Å². The topological polar surface area (TPSA) is 72.7 Å². The van der Waals surface area contributed by atoms with E-state index >= 15 is 0 Å². The average molecular weight is 468 g/mol. The lowest BCUT2D eigenvalue weighted by atomic mass is 10.1. The van der Waals surface area contributed by atoms with Crippen LogP contribution in [0.4, 0.5) is 9.52 Å². The summed E-state index contributed by atoms with van der Waals surface area (Å²) in [5.41, 5.74) is 5.09. The highest BCUT2D eigenvalue weighted by Gasteiger charge is 2.15. The van der Waals surface area contributed by atoms with Crippen LogP contribution in [0.25, 0.3) is 22.6 Å². The summed E-state index contributed by atoms with van der Waals surface area (Å²) < 4.78 is 15.1. The second-order valence-electron chi connectivity index (χ2n) is 7.23. The first-order valence-electron chi connectivity index (χ1n) is 10.1. The van der Waals surface area contributed by atoms with E-state index in [1.807, 2.05) is 22.9 Å². The Kier molecular flexibility index (Phi) is 6.66. The molecule has 0 atom stereocenters. The number of carbonyl (C=O) groups excluding carboxylic acids is 1. The van der Waals surface area contributed by atoms with Crippen LogP contribution < -0.4 is 5.32 Å². The first kappa shape index (κ1) is 22.2. The maximum atomic E-state index is 13.2. The summed E-state index contributed by atoms with van der Waals surface area (Å²) in [5.74, 6) is 0.365. The SMILES string of the molecule is CCn1c(SCC(=O)Nc2nc(-c3ccc(C)c(C)c3)cs2)nnc1-c1ccc(F)cc1. The third kappa shape index (κ3) is 4.89. The molecule has 32 heavy (non-hydrogen) atoms. The fourth-order valence-electron chi connectivity index (χ4n) is 3.14. The molecule has 0 fully saturated rings. The lowest BCUT2D eigenvalue weighted by Gasteiger charge is -2.07. The molecule has 2 aromatic carbocycles. The normalized spacial score (nSPS) is 11.0. The third-order valence-electron chi connectivity index (χ3n) is 5.02. The summed E-state index contributed by atoms with van der Waals surface area (Å²) >= 11 is 2.70. The monoisotopic (exact) mass is 467 g/mol. The number of nitrogens with one attached hydrogen (secondary N) is 1. The summed E-state index contributed by atoms with van der Waals surface area (Å²) in [4.78, 5) is 17.0. The molecule has 4 aromatic rings. The molecular formula is C23H22FN5OS2. The molecule has 0 aliphatic carbocycles. The number of carbonyl (C=O) groups is 1. The minimum atomic E-state index is -0.301. The van der Waals surface area contributed by atoms with Crippen molar-refractivity contribution in [2.24, 2.45) is 0 Å². The number of hydrogen-bond acceptors (Lipinski definition) is 6. The Bertz CT molecular complexity index is 1250. The van der Waals surface area contributed by atoms with Crippen molar-refractivity contribution in [3.05, 3.63) is 64.8 Å². The highest BCUT2D eigenvalue weighted by molar-refractivity contribution is 7.99. The van der Waals surface area contributed by atoms with E-state index in [0.29, 0.717) is 22.7 Å². The number of thiazole rings is 1. The Labute approximate surface area is 193 Å². The summed E-state index contributed by atoms with van der Waals surface area (Å²) in [7, 11) is 0. The van der Waals surface area contributed by atoms with E-state index in [1.165, 1.54) is 46.4 Å². The van der Waals surface area contributed by atoms with Crippen molar-refractivity contribution in [1.82, 2.24) is 19.7 Å². The van der Waals surface area contributed by atoms with Gasteiger partial charge in [-0.25, -0.2) is 9.37 Å². The molecule has 0 saturated heterocycles. The molecule has 0 radical (unpaired) electrons. The number of anilines is 1. The number of aromatic nitrogens is 4. The van der Waals surface area contributed by atoms with Crippen molar-refractivity contribution >= 4 is 34.1 Å². The minimum absolute atomic E-state index is 0.162. The molecule has 0 spiro atoms. The molecule has 0 unspecified atom stereocenters. The predicted molar refractivity (Wildman–Crippen MR) is 127 cm³/mol. The number of nitrogens with zero attached hydrogens (tertiary/aromatic N) is 4. The minimum Gasteiger partial charge on any atom is -0.302 e.